The van der Waals surface area contributed by atoms with E-state index in [-0.39, 0.29) is 5.91 Å². The van der Waals surface area contributed by atoms with E-state index in [9.17, 15) is 4.79 Å². The van der Waals surface area contributed by atoms with Crippen molar-refractivity contribution >= 4 is 17.2 Å². The first kappa shape index (κ1) is 16.0. The number of nitrogens with zero attached hydrogens (tertiary/aromatic N) is 1. The topological polar surface area (TPSA) is 58.4 Å². The van der Waals surface area contributed by atoms with Crippen molar-refractivity contribution in [2.75, 3.05) is 33.2 Å². The largest absolute Gasteiger partial charge is 0.351 e. The van der Waals surface area contributed by atoms with Gasteiger partial charge in [0, 0.05) is 12.1 Å². The molecule has 0 aromatic carbocycles. The van der Waals surface area contributed by atoms with Crippen LogP contribution in [-0.2, 0) is 0 Å². The van der Waals surface area contributed by atoms with Gasteiger partial charge in [0.15, 0.2) is 0 Å². The van der Waals surface area contributed by atoms with Crippen LogP contribution in [0.1, 0.15) is 34.5 Å². The lowest BCUT2D eigenvalue weighted by molar-refractivity contribution is 0.0953. The van der Waals surface area contributed by atoms with Crippen molar-refractivity contribution in [2.24, 2.45) is 11.7 Å². The highest BCUT2D eigenvalue weighted by molar-refractivity contribution is 7.12. The molecule has 21 heavy (non-hydrogen) atoms. The van der Waals surface area contributed by atoms with Gasteiger partial charge >= 0.3 is 0 Å². The predicted molar refractivity (Wildman–Crippen MR) is 87.4 cm³/mol. The highest BCUT2D eigenvalue weighted by Gasteiger charge is 2.17. The highest BCUT2D eigenvalue weighted by atomic mass is 32.1. The fraction of sp³-hybridized carbons (Fsp3) is 0.562. The van der Waals surface area contributed by atoms with Crippen molar-refractivity contribution in [3.05, 3.63) is 21.9 Å². The maximum Gasteiger partial charge on any atom is 0.262 e. The summed E-state index contributed by atoms with van der Waals surface area (Å²) in [5.41, 5.74) is 6.15. The van der Waals surface area contributed by atoms with Gasteiger partial charge in [-0.15, -0.1) is 11.3 Å². The van der Waals surface area contributed by atoms with Crippen LogP contribution in [0.2, 0.25) is 0 Å². The summed E-state index contributed by atoms with van der Waals surface area (Å²) in [6.45, 7) is 3.40. The van der Waals surface area contributed by atoms with Crippen molar-refractivity contribution in [2.45, 2.75) is 19.3 Å². The van der Waals surface area contributed by atoms with Crippen LogP contribution in [-0.4, -0.2) is 44.0 Å². The summed E-state index contributed by atoms with van der Waals surface area (Å²) in [6, 6.07) is 1.87. The molecule has 0 bridgehead atoms. The SMILES string of the molecule is CN1CCC(CCNC(=O)c2sccc2C#CCN)CC1. The van der Waals surface area contributed by atoms with E-state index in [2.05, 4.69) is 29.1 Å². The van der Waals surface area contributed by atoms with Crippen molar-refractivity contribution in [1.82, 2.24) is 10.2 Å². The zero-order valence-corrected chi connectivity index (χ0v) is 13.3. The monoisotopic (exact) mass is 305 g/mol. The van der Waals surface area contributed by atoms with Gasteiger partial charge in [-0.2, -0.15) is 0 Å². The smallest absolute Gasteiger partial charge is 0.262 e. The van der Waals surface area contributed by atoms with Crippen LogP contribution in [0.25, 0.3) is 0 Å². The molecule has 2 rings (SSSR count). The van der Waals surface area contributed by atoms with E-state index in [1.54, 1.807) is 0 Å². The molecular formula is C16H23N3OS. The standard InChI is InChI=1S/C16H23N3OS/c1-19-10-5-13(6-11-19)4-9-18-16(20)15-14(3-2-8-17)7-12-21-15/h7,12-13H,4-6,8-11,17H2,1H3,(H,18,20). The Kier molecular flexibility index (Phi) is 6.24. The van der Waals surface area contributed by atoms with Gasteiger partial charge in [0.1, 0.15) is 4.88 Å². The second-order valence-corrected chi connectivity index (χ2v) is 6.38. The van der Waals surface area contributed by atoms with Gasteiger partial charge in [-0.1, -0.05) is 11.8 Å². The van der Waals surface area contributed by atoms with Crippen molar-refractivity contribution in [1.29, 1.82) is 0 Å². The number of hydrogen-bond acceptors (Lipinski definition) is 4. The van der Waals surface area contributed by atoms with Crippen LogP contribution in [0.4, 0.5) is 0 Å². The quantitative estimate of drug-likeness (QED) is 0.829. The Morgan fingerprint density at radius 2 is 2.29 bits per heavy atom. The van der Waals surface area contributed by atoms with Crippen LogP contribution in [0.15, 0.2) is 11.4 Å². The van der Waals surface area contributed by atoms with E-state index in [4.69, 9.17) is 5.73 Å². The Balaban J connectivity index is 1.78. The molecule has 1 aliphatic heterocycles. The molecular weight excluding hydrogens is 282 g/mol. The molecule has 1 fully saturated rings. The van der Waals surface area contributed by atoms with Gasteiger partial charge < -0.3 is 16.0 Å². The maximum absolute atomic E-state index is 12.2. The number of thiophene rings is 1. The van der Waals surface area contributed by atoms with Crippen LogP contribution < -0.4 is 11.1 Å². The summed E-state index contributed by atoms with van der Waals surface area (Å²) in [5.74, 6) is 6.47. The number of carbonyl (C=O) groups excluding carboxylic acids is 1. The van der Waals surface area contributed by atoms with Crippen molar-refractivity contribution in [3.8, 4) is 11.8 Å². The van der Waals surface area contributed by atoms with Crippen LogP contribution in [0.5, 0.6) is 0 Å². The predicted octanol–water partition coefficient (Wildman–Crippen LogP) is 1.52. The molecule has 0 atom stereocenters. The number of likely N-dealkylation sites (tertiary alicyclic amines) is 1. The zero-order chi connectivity index (χ0) is 15.1. The summed E-state index contributed by atoms with van der Waals surface area (Å²) in [7, 11) is 2.17. The fourth-order valence-corrected chi connectivity index (χ4v) is 3.32. The summed E-state index contributed by atoms with van der Waals surface area (Å²) in [6.07, 6.45) is 3.53. The number of nitrogens with one attached hydrogen (secondary N) is 1. The van der Waals surface area contributed by atoms with Gasteiger partial charge in [0.05, 0.1) is 6.54 Å². The van der Waals surface area contributed by atoms with Crippen molar-refractivity contribution < 1.29 is 4.79 Å². The minimum atomic E-state index is -0.0146. The maximum atomic E-state index is 12.2. The molecule has 1 aromatic heterocycles. The number of piperidine rings is 1. The van der Waals surface area contributed by atoms with Crippen LogP contribution >= 0.6 is 11.3 Å². The Hall–Kier alpha value is -1.35. The van der Waals surface area contributed by atoms with Gasteiger partial charge in [-0.3, -0.25) is 4.79 Å². The third kappa shape index (κ3) is 4.85. The Morgan fingerprint density at radius 3 is 3.00 bits per heavy atom. The lowest BCUT2D eigenvalue weighted by atomic mass is 9.94. The van der Waals surface area contributed by atoms with Gasteiger partial charge in [0.25, 0.3) is 5.91 Å². The molecule has 4 nitrogen and oxygen atoms in total. The Labute approximate surface area is 130 Å². The molecule has 0 saturated carbocycles. The van der Waals surface area contributed by atoms with Crippen molar-refractivity contribution in [3.63, 3.8) is 0 Å². The number of nitrogens with two attached hydrogens (primary N) is 1. The normalized spacial score (nSPS) is 16.3. The molecule has 0 unspecified atom stereocenters. The van der Waals surface area contributed by atoms with E-state index >= 15 is 0 Å². The summed E-state index contributed by atoms with van der Waals surface area (Å²) in [4.78, 5) is 15.2. The summed E-state index contributed by atoms with van der Waals surface area (Å²) in [5, 5.41) is 4.91. The van der Waals surface area contributed by atoms with Crippen LogP contribution in [0, 0.1) is 17.8 Å². The van der Waals surface area contributed by atoms with Gasteiger partial charge in [-0.05, 0) is 56.8 Å². The van der Waals surface area contributed by atoms with E-state index in [0.29, 0.717) is 11.4 Å². The second kappa shape index (κ2) is 8.18. The minimum absolute atomic E-state index is 0.0146. The molecule has 1 aliphatic rings. The second-order valence-electron chi connectivity index (χ2n) is 5.46. The molecule has 2 heterocycles. The van der Waals surface area contributed by atoms with E-state index in [0.717, 1.165) is 24.4 Å². The molecule has 0 radical (unpaired) electrons. The highest BCUT2D eigenvalue weighted by Crippen LogP contribution is 2.19. The first-order valence-corrected chi connectivity index (χ1v) is 8.32. The zero-order valence-electron chi connectivity index (χ0n) is 12.5. The number of carbonyl (C=O) groups is 1. The molecule has 0 spiro atoms. The van der Waals surface area contributed by atoms with Gasteiger partial charge in [0.2, 0.25) is 0 Å². The number of amides is 1. The molecule has 1 aromatic rings. The molecule has 114 valence electrons. The average Bonchev–Trinajstić information content (AvgIpc) is 2.95. The fourth-order valence-electron chi connectivity index (χ4n) is 2.55. The Morgan fingerprint density at radius 1 is 1.52 bits per heavy atom. The minimum Gasteiger partial charge on any atom is -0.351 e. The first-order chi connectivity index (χ1) is 10.2. The third-order valence-electron chi connectivity index (χ3n) is 3.87. The van der Waals surface area contributed by atoms with Gasteiger partial charge in [-0.25, -0.2) is 0 Å². The molecule has 5 heteroatoms. The number of rotatable bonds is 4. The summed E-state index contributed by atoms with van der Waals surface area (Å²) >= 11 is 1.43. The molecule has 0 aliphatic carbocycles. The van der Waals surface area contributed by atoms with E-state index in [1.165, 1.54) is 37.3 Å². The Bertz CT molecular complexity index is 521. The molecule has 1 amide bonds. The lowest BCUT2D eigenvalue weighted by Crippen LogP contribution is -2.32. The van der Waals surface area contributed by atoms with E-state index in [1.807, 2.05) is 11.4 Å². The van der Waals surface area contributed by atoms with Crippen LogP contribution in [0.3, 0.4) is 0 Å². The average molecular weight is 305 g/mol. The lowest BCUT2D eigenvalue weighted by Gasteiger charge is -2.28. The molecule has 3 N–H and O–H groups in total. The number of hydrogen-bond donors (Lipinski definition) is 2. The third-order valence-corrected chi connectivity index (χ3v) is 4.79. The first-order valence-electron chi connectivity index (χ1n) is 7.44. The summed E-state index contributed by atoms with van der Waals surface area (Å²) < 4.78 is 0. The van der Waals surface area contributed by atoms with E-state index < -0.39 is 0 Å². The molecule has 1 saturated heterocycles.